The van der Waals surface area contributed by atoms with Gasteiger partial charge in [0.05, 0.1) is 12.5 Å². The zero-order valence-corrected chi connectivity index (χ0v) is 12.0. The lowest BCUT2D eigenvalue weighted by atomic mass is 9.88. The van der Waals surface area contributed by atoms with Crippen molar-refractivity contribution in [2.45, 2.75) is 32.3 Å². The standard InChI is InChI=1S/C16H15FN2O3/c1-8-12(11-4-5-13(21)19-16(11)22)6-9-2-3-10(7-20)14(17)15(9)18-8/h2-3,6,11,20H,4-5,7H2,1H3,(H,19,21,22). The first-order valence-electron chi connectivity index (χ1n) is 7.04. The Morgan fingerprint density at radius 1 is 1.41 bits per heavy atom. The maximum Gasteiger partial charge on any atom is 0.234 e. The van der Waals surface area contributed by atoms with E-state index in [-0.39, 0.29) is 29.3 Å². The highest BCUT2D eigenvalue weighted by Crippen LogP contribution is 2.30. The van der Waals surface area contributed by atoms with Crippen LogP contribution in [-0.2, 0) is 16.2 Å². The summed E-state index contributed by atoms with van der Waals surface area (Å²) >= 11 is 0. The van der Waals surface area contributed by atoms with E-state index in [9.17, 15) is 14.0 Å². The fraction of sp³-hybridized carbons (Fsp3) is 0.312. The number of amides is 2. The molecule has 3 rings (SSSR count). The number of benzene rings is 1. The molecule has 2 aromatic rings. The monoisotopic (exact) mass is 302 g/mol. The van der Waals surface area contributed by atoms with Gasteiger partial charge in [-0.3, -0.25) is 14.9 Å². The van der Waals surface area contributed by atoms with Gasteiger partial charge in [0.1, 0.15) is 5.52 Å². The lowest BCUT2D eigenvalue weighted by molar-refractivity contribution is -0.134. The summed E-state index contributed by atoms with van der Waals surface area (Å²) in [4.78, 5) is 27.5. The second kappa shape index (κ2) is 5.46. The molecule has 2 N–H and O–H groups in total. The zero-order chi connectivity index (χ0) is 15.9. The third-order valence-electron chi connectivity index (χ3n) is 4.02. The largest absolute Gasteiger partial charge is 0.392 e. The minimum Gasteiger partial charge on any atom is -0.392 e. The van der Waals surface area contributed by atoms with Crippen molar-refractivity contribution in [3.05, 3.63) is 40.8 Å². The van der Waals surface area contributed by atoms with Gasteiger partial charge in [0.25, 0.3) is 0 Å². The first kappa shape index (κ1) is 14.6. The predicted octanol–water partition coefficient (Wildman–Crippen LogP) is 1.69. The van der Waals surface area contributed by atoms with E-state index in [0.717, 1.165) is 0 Å². The molecule has 1 fully saturated rings. The number of aromatic nitrogens is 1. The van der Waals surface area contributed by atoms with E-state index in [2.05, 4.69) is 10.3 Å². The number of piperidine rings is 1. The van der Waals surface area contributed by atoms with Crippen LogP contribution in [0.15, 0.2) is 18.2 Å². The molecule has 0 bridgehead atoms. The number of hydrogen-bond donors (Lipinski definition) is 2. The van der Waals surface area contributed by atoms with Crippen LogP contribution in [0.2, 0.25) is 0 Å². The summed E-state index contributed by atoms with van der Waals surface area (Å²) in [5.41, 5.74) is 1.62. The first-order valence-corrected chi connectivity index (χ1v) is 7.04. The van der Waals surface area contributed by atoms with Gasteiger partial charge in [0.15, 0.2) is 5.82 Å². The molecule has 114 valence electrons. The number of hydrogen-bond acceptors (Lipinski definition) is 4. The Hall–Kier alpha value is -2.34. The second-order valence-corrected chi connectivity index (χ2v) is 5.44. The SMILES string of the molecule is Cc1nc2c(F)c(CO)ccc2cc1C1CCC(=O)NC1=O. The van der Waals surface area contributed by atoms with E-state index < -0.39 is 18.3 Å². The number of imide groups is 1. The molecule has 1 aromatic heterocycles. The quantitative estimate of drug-likeness (QED) is 0.828. The number of nitrogens with zero attached hydrogens (tertiary/aromatic N) is 1. The number of aliphatic hydroxyl groups is 1. The van der Waals surface area contributed by atoms with Crippen LogP contribution in [0, 0.1) is 12.7 Å². The molecule has 1 aliphatic rings. The van der Waals surface area contributed by atoms with E-state index in [4.69, 9.17) is 5.11 Å². The lowest BCUT2D eigenvalue weighted by Gasteiger charge is -2.22. The molecule has 1 saturated heterocycles. The number of carbonyl (C=O) groups is 2. The van der Waals surface area contributed by atoms with E-state index in [1.807, 2.05) is 0 Å². The molecule has 6 heteroatoms. The van der Waals surface area contributed by atoms with E-state index in [0.29, 0.717) is 23.1 Å². The zero-order valence-electron chi connectivity index (χ0n) is 12.0. The average Bonchev–Trinajstić information content (AvgIpc) is 2.48. The van der Waals surface area contributed by atoms with Crippen LogP contribution in [0.5, 0.6) is 0 Å². The molecule has 1 aliphatic heterocycles. The fourth-order valence-electron chi connectivity index (χ4n) is 2.82. The van der Waals surface area contributed by atoms with Crippen molar-refractivity contribution in [3.63, 3.8) is 0 Å². The van der Waals surface area contributed by atoms with Crippen LogP contribution in [0.25, 0.3) is 10.9 Å². The van der Waals surface area contributed by atoms with Crippen LogP contribution >= 0.6 is 0 Å². The van der Waals surface area contributed by atoms with Crippen molar-refractivity contribution < 1.29 is 19.1 Å². The van der Waals surface area contributed by atoms with Crippen LogP contribution < -0.4 is 5.32 Å². The molecule has 0 aliphatic carbocycles. The second-order valence-electron chi connectivity index (χ2n) is 5.44. The van der Waals surface area contributed by atoms with Gasteiger partial charge < -0.3 is 5.11 Å². The molecule has 1 aromatic carbocycles. The van der Waals surface area contributed by atoms with Gasteiger partial charge in [-0.05, 0) is 25.0 Å². The Kier molecular flexibility index (Phi) is 3.62. The summed E-state index contributed by atoms with van der Waals surface area (Å²) in [7, 11) is 0. The van der Waals surface area contributed by atoms with E-state index >= 15 is 0 Å². The summed E-state index contributed by atoms with van der Waals surface area (Å²) in [5.74, 6) is -1.60. The number of nitrogens with one attached hydrogen (secondary N) is 1. The van der Waals surface area contributed by atoms with E-state index in [1.165, 1.54) is 6.07 Å². The predicted molar refractivity (Wildman–Crippen MR) is 77.5 cm³/mol. The number of pyridine rings is 1. The van der Waals surface area contributed by atoms with Crippen molar-refractivity contribution in [2.24, 2.45) is 0 Å². The maximum atomic E-state index is 14.2. The Bertz CT molecular complexity index is 789. The molecule has 0 spiro atoms. The summed E-state index contributed by atoms with van der Waals surface area (Å²) in [6.45, 7) is 1.32. The summed E-state index contributed by atoms with van der Waals surface area (Å²) in [6, 6.07) is 4.91. The molecular weight excluding hydrogens is 287 g/mol. The number of aryl methyl sites for hydroxylation is 1. The topological polar surface area (TPSA) is 79.3 Å². The minimum atomic E-state index is -0.544. The first-order chi connectivity index (χ1) is 10.5. The Morgan fingerprint density at radius 2 is 2.18 bits per heavy atom. The Morgan fingerprint density at radius 3 is 2.86 bits per heavy atom. The fourth-order valence-corrected chi connectivity index (χ4v) is 2.82. The van der Waals surface area contributed by atoms with Crippen LogP contribution in [0.3, 0.4) is 0 Å². The Labute approximate surface area is 126 Å². The highest BCUT2D eigenvalue weighted by atomic mass is 19.1. The van der Waals surface area contributed by atoms with Gasteiger partial charge >= 0.3 is 0 Å². The van der Waals surface area contributed by atoms with Crippen molar-refractivity contribution in [3.8, 4) is 0 Å². The number of aliphatic hydroxyl groups excluding tert-OH is 1. The molecular formula is C16H15FN2O3. The van der Waals surface area contributed by atoms with Crippen molar-refractivity contribution in [1.29, 1.82) is 0 Å². The van der Waals surface area contributed by atoms with Crippen LogP contribution in [0.4, 0.5) is 4.39 Å². The lowest BCUT2D eigenvalue weighted by Crippen LogP contribution is -2.39. The average molecular weight is 302 g/mol. The van der Waals surface area contributed by atoms with Crippen molar-refractivity contribution >= 4 is 22.7 Å². The molecule has 2 heterocycles. The molecule has 1 unspecified atom stereocenters. The highest BCUT2D eigenvalue weighted by Gasteiger charge is 2.29. The van der Waals surface area contributed by atoms with Crippen molar-refractivity contribution in [1.82, 2.24) is 10.3 Å². The molecule has 22 heavy (non-hydrogen) atoms. The van der Waals surface area contributed by atoms with Gasteiger partial charge in [-0.2, -0.15) is 0 Å². The minimum absolute atomic E-state index is 0.181. The third-order valence-corrected chi connectivity index (χ3v) is 4.02. The van der Waals surface area contributed by atoms with Crippen LogP contribution in [-0.4, -0.2) is 21.9 Å². The van der Waals surface area contributed by atoms with Gasteiger partial charge in [-0.25, -0.2) is 9.37 Å². The van der Waals surface area contributed by atoms with Gasteiger partial charge in [-0.15, -0.1) is 0 Å². The van der Waals surface area contributed by atoms with Gasteiger partial charge in [0.2, 0.25) is 11.8 Å². The number of fused-ring (bicyclic) bond motifs is 1. The van der Waals surface area contributed by atoms with E-state index in [1.54, 1.807) is 19.1 Å². The van der Waals surface area contributed by atoms with Crippen molar-refractivity contribution in [2.75, 3.05) is 0 Å². The summed E-state index contributed by atoms with van der Waals surface area (Å²) < 4.78 is 14.2. The molecule has 5 nitrogen and oxygen atoms in total. The maximum absolute atomic E-state index is 14.2. The normalized spacial score (nSPS) is 18.6. The smallest absolute Gasteiger partial charge is 0.234 e. The summed E-state index contributed by atoms with van der Waals surface area (Å²) in [6.07, 6.45) is 0.710. The van der Waals surface area contributed by atoms with Gasteiger partial charge in [0, 0.05) is 23.1 Å². The third kappa shape index (κ3) is 2.35. The highest BCUT2D eigenvalue weighted by molar-refractivity contribution is 6.01. The Balaban J connectivity index is 2.10. The number of carbonyl (C=O) groups excluding carboxylic acids is 2. The molecule has 1 atom stereocenters. The number of rotatable bonds is 2. The molecule has 2 amide bonds. The number of halogens is 1. The molecule has 0 saturated carbocycles. The summed E-state index contributed by atoms with van der Waals surface area (Å²) in [5, 5.41) is 12.0. The van der Waals surface area contributed by atoms with Gasteiger partial charge in [-0.1, -0.05) is 12.1 Å². The van der Waals surface area contributed by atoms with Crippen LogP contribution in [0.1, 0.15) is 35.6 Å². The molecule has 0 radical (unpaired) electrons.